The molecule has 0 N–H and O–H groups in total. The molecule has 1 aliphatic carbocycles. The van der Waals surface area contributed by atoms with Crippen LogP contribution in [0.25, 0.3) is 11.1 Å². The van der Waals surface area contributed by atoms with Crippen LogP contribution in [-0.4, -0.2) is 28.0 Å². The Morgan fingerprint density at radius 2 is 1.91 bits per heavy atom. The summed E-state index contributed by atoms with van der Waals surface area (Å²) in [5.74, 6) is 0.256. The van der Waals surface area contributed by atoms with Gasteiger partial charge in [-0.15, -0.1) is 0 Å². The number of rotatable bonds is 2. The first kappa shape index (κ1) is 14.5. The molecule has 2 aliphatic rings. The lowest BCUT2D eigenvalue weighted by Crippen LogP contribution is -2.51. The highest BCUT2D eigenvalue weighted by molar-refractivity contribution is 5.80. The van der Waals surface area contributed by atoms with E-state index in [9.17, 15) is 9.59 Å². The first-order valence-electron chi connectivity index (χ1n) is 8.62. The molecular weight excluding hydrogens is 292 g/mol. The Balaban J connectivity index is 1.59. The molecule has 0 spiro atoms. The number of amides is 1. The molecule has 2 heterocycles. The number of likely N-dealkylation sites (tertiary alicyclic amines) is 1. The van der Waals surface area contributed by atoms with Crippen LogP contribution in [0, 0.1) is 5.92 Å². The third-order valence-corrected chi connectivity index (χ3v) is 5.43. The molecule has 5 heteroatoms. The molecule has 1 saturated carbocycles. The van der Waals surface area contributed by atoms with E-state index in [1.165, 1.54) is 30.3 Å². The maximum absolute atomic E-state index is 12.8. The van der Waals surface area contributed by atoms with Gasteiger partial charge >= 0.3 is 5.76 Å². The number of carbonyl (C=O) groups excluding carboxylic acids is 1. The van der Waals surface area contributed by atoms with Crippen molar-refractivity contribution < 1.29 is 9.21 Å². The van der Waals surface area contributed by atoms with Crippen LogP contribution >= 0.6 is 0 Å². The Hall–Kier alpha value is -2.04. The molecule has 0 radical (unpaired) electrons. The normalized spacial score (nSPS) is 24.6. The lowest BCUT2D eigenvalue weighted by molar-refractivity contribution is -0.138. The topological polar surface area (TPSA) is 55.5 Å². The standard InChI is InChI=1S/C18H22N2O3/c21-17(19-11-5-7-13-6-1-2-8-14(13)19)12-20-15-9-3-4-10-16(15)23-18(20)22/h3-4,9-10,13-14H,1-2,5-8,11-12H2. The average molecular weight is 314 g/mol. The summed E-state index contributed by atoms with van der Waals surface area (Å²) in [6, 6.07) is 7.65. The lowest BCUT2D eigenvalue weighted by Gasteiger charge is -2.44. The van der Waals surface area contributed by atoms with Crippen molar-refractivity contribution >= 4 is 17.0 Å². The van der Waals surface area contributed by atoms with E-state index in [0.717, 1.165) is 19.4 Å². The summed E-state index contributed by atoms with van der Waals surface area (Å²) in [6.07, 6.45) is 7.16. The molecule has 2 unspecified atom stereocenters. The van der Waals surface area contributed by atoms with Crippen LogP contribution in [0.15, 0.2) is 33.5 Å². The van der Waals surface area contributed by atoms with Crippen molar-refractivity contribution in [3.8, 4) is 0 Å². The van der Waals surface area contributed by atoms with Gasteiger partial charge in [-0.25, -0.2) is 4.79 Å². The number of hydrogen-bond acceptors (Lipinski definition) is 3. The van der Waals surface area contributed by atoms with Crippen molar-refractivity contribution in [2.45, 2.75) is 51.1 Å². The third kappa shape index (κ3) is 2.58. The molecule has 122 valence electrons. The van der Waals surface area contributed by atoms with E-state index >= 15 is 0 Å². The highest BCUT2D eigenvalue weighted by Crippen LogP contribution is 2.35. The van der Waals surface area contributed by atoms with Gasteiger partial charge in [0.05, 0.1) is 5.52 Å². The molecular formula is C18H22N2O3. The minimum absolute atomic E-state index is 0.0512. The SMILES string of the molecule is O=C(Cn1c(=O)oc2ccccc21)N1CCCC2CCCCC21. The highest BCUT2D eigenvalue weighted by atomic mass is 16.4. The first-order valence-corrected chi connectivity index (χ1v) is 8.62. The fourth-order valence-electron chi connectivity index (χ4n) is 4.32. The number of carbonyl (C=O) groups is 1. The second kappa shape index (κ2) is 5.87. The Labute approximate surface area is 134 Å². The minimum Gasteiger partial charge on any atom is -0.408 e. The Morgan fingerprint density at radius 1 is 1.13 bits per heavy atom. The van der Waals surface area contributed by atoms with Gasteiger partial charge in [0.2, 0.25) is 5.91 Å². The van der Waals surface area contributed by atoms with Crippen molar-refractivity contribution in [2.24, 2.45) is 5.92 Å². The Morgan fingerprint density at radius 3 is 2.83 bits per heavy atom. The third-order valence-electron chi connectivity index (χ3n) is 5.43. The van der Waals surface area contributed by atoms with Gasteiger partial charge in [-0.3, -0.25) is 9.36 Å². The van der Waals surface area contributed by atoms with Gasteiger partial charge in [0.15, 0.2) is 5.58 Å². The fourth-order valence-corrected chi connectivity index (χ4v) is 4.32. The predicted octanol–water partition coefficient (Wildman–Crippen LogP) is 2.78. The molecule has 1 saturated heterocycles. The van der Waals surface area contributed by atoms with Gasteiger partial charge in [0, 0.05) is 12.6 Å². The molecule has 0 bridgehead atoms. The van der Waals surface area contributed by atoms with Crippen molar-refractivity contribution in [3.05, 3.63) is 34.8 Å². The van der Waals surface area contributed by atoms with E-state index in [1.807, 2.05) is 23.1 Å². The zero-order chi connectivity index (χ0) is 15.8. The van der Waals surface area contributed by atoms with E-state index in [-0.39, 0.29) is 12.5 Å². The van der Waals surface area contributed by atoms with Crippen LogP contribution in [0.4, 0.5) is 0 Å². The molecule has 1 aliphatic heterocycles. The second-order valence-electron chi connectivity index (χ2n) is 6.76. The van der Waals surface area contributed by atoms with E-state index in [0.29, 0.717) is 23.1 Å². The number of piperidine rings is 1. The zero-order valence-electron chi connectivity index (χ0n) is 13.2. The van der Waals surface area contributed by atoms with E-state index < -0.39 is 5.76 Å². The number of aromatic nitrogens is 1. The molecule has 23 heavy (non-hydrogen) atoms. The van der Waals surface area contributed by atoms with E-state index in [1.54, 1.807) is 6.07 Å². The first-order chi connectivity index (χ1) is 11.2. The van der Waals surface area contributed by atoms with Crippen molar-refractivity contribution in [2.75, 3.05) is 6.54 Å². The molecule has 1 amide bonds. The van der Waals surface area contributed by atoms with Crippen LogP contribution < -0.4 is 5.76 Å². The Bertz CT molecular complexity index is 774. The van der Waals surface area contributed by atoms with Crippen molar-refractivity contribution in [3.63, 3.8) is 0 Å². The fraction of sp³-hybridized carbons (Fsp3) is 0.556. The van der Waals surface area contributed by atoms with Crippen LogP contribution in [0.2, 0.25) is 0 Å². The summed E-state index contributed by atoms with van der Waals surface area (Å²) in [7, 11) is 0. The number of nitrogens with zero attached hydrogens (tertiary/aromatic N) is 2. The van der Waals surface area contributed by atoms with Gasteiger partial charge in [-0.1, -0.05) is 25.0 Å². The van der Waals surface area contributed by atoms with Gasteiger partial charge in [-0.05, 0) is 43.7 Å². The zero-order valence-corrected chi connectivity index (χ0v) is 13.2. The second-order valence-corrected chi connectivity index (χ2v) is 6.76. The predicted molar refractivity (Wildman–Crippen MR) is 87.2 cm³/mol. The van der Waals surface area contributed by atoms with Crippen LogP contribution in [0.3, 0.4) is 0 Å². The van der Waals surface area contributed by atoms with Crippen LogP contribution in [0.1, 0.15) is 38.5 Å². The quantitative estimate of drug-likeness (QED) is 0.856. The molecule has 2 aromatic rings. The number of hydrogen-bond donors (Lipinski definition) is 0. The van der Waals surface area contributed by atoms with E-state index in [2.05, 4.69) is 0 Å². The summed E-state index contributed by atoms with van der Waals surface area (Å²) in [6.45, 7) is 0.906. The van der Waals surface area contributed by atoms with Crippen LogP contribution in [-0.2, 0) is 11.3 Å². The summed E-state index contributed by atoms with van der Waals surface area (Å²) in [5, 5.41) is 0. The van der Waals surface area contributed by atoms with Gasteiger partial charge in [0.1, 0.15) is 6.54 Å². The molecule has 2 fully saturated rings. The van der Waals surface area contributed by atoms with E-state index in [4.69, 9.17) is 4.42 Å². The summed E-state index contributed by atoms with van der Waals surface area (Å²) < 4.78 is 6.69. The van der Waals surface area contributed by atoms with Crippen molar-refractivity contribution in [1.82, 2.24) is 9.47 Å². The summed E-state index contributed by atoms with van der Waals surface area (Å²) >= 11 is 0. The smallest absolute Gasteiger partial charge is 0.408 e. The molecule has 4 rings (SSSR count). The molecule has 5 nitrogen and oxygen atoms in total. The number of para-hydroxylation sites is 2. The number of fused-ring (bicyclic) bond motifs is 2. The van der Waals surface area contributed by atoms with Gasteiger partial charge in [0.25, 0.3) is 0 Å². The van der Waals surface area contributed by atoms with Gasteiger partial charge < -0.3 is 9.32 Å². The molecule has 1 aromatic carbocycles. The van der Waals surface area contributed by atoms with Gasteiger partial charge in [-0.2, -0.15) is 0 Å². The Kier molecular flexibility index (Phi) is 3.71. The lowest BCUT2D eigenvalue weighted by atomic mass is 9.78. The summed E-state index contributed by atoms with van der Waals surface area (Å²) in [5.41, 5.74) is 1.24. The molecule has 1 aromatic heterocycles. The maximum Gasteiger partial charge on any atom is 0.420 e. The number of benzene rings is 1. The average Bonchev–Trinajstić information content (AvgIpc) is 2.90. The maximum atomic E-state index is 12.8. The minimum atomic E-state index is -0.447. The van der Waals surface area contributed by atoms with Crippen molar-refractivity contribution in [1.29, 1.82) is 0 Å². The molecule has 2 atom stereocenters. The monoisotopic (exact) mass is 314 g/mol. The largest absolute Gasteiger partial charge is 0.420 e. The summed E-state index contributed by atoms with van der Waals surface area (Å²) in [4.78, 5) is 26.9. The number of oxazole rings is 1. The highest BCUT2D eigenvalue weighted by Gasteiger charge is 2.35. The van der Waals surface area contributed by atoms with Crippen LogP contribution in [0.5, 0.6) is 0 Å².